The Morgan fingerprint density at radius 3 is 2.49 bits per heavy atom. The first-order valence-electron chi connectivity index (χ1n) is 12.9. The van der Waals surface area contributed by atoms with Crippen molar-refractivity contribution in [3.05, 3.63) is 58.8 Å². The van der Waals surface area contributed by atoms with E-state index in [0.717, 1.165) is 45.7 Å². The number of aromatic nitrogens is 4. The van der Waals surface area contributed by atoms with Crippen LogP contribution in [0.4, 0.5) is 24.9 Å². The molecule has 3 aromatic heterocycles. The molecule has 4 aromatic rings. The Labute approximate surface area is 229 Å². The molecule has 11 heteroatoms. The van der Waals surface area contributed by atoms with Gasteiger partial charge in [0.1, 0.15) is 33.8 Å². The number of hydrogen-bond acceptors (Lipinski definition) is 8. The predicted octanol–water partition coefficient (Wildman–Crippen LogP) is 6.80. The number of thiazole rings is 1. The van der Waals surface area contributed by atoms with Gasteiger partial charge >= 0.3 is 0 Å². The Balaban J connectivity index is 1.50. The zero-order chi connectivity index (χ0) is 27.9. The number of hydrogen-bond donors (Lipinski definition) is 2. The van der Waals surface area contributed by atoms with E-state index < -0.39 is 17.5 Å². The van der Waals surface area contributed by atoms with Gasteiger partial charge in [0, 0.05) is 43.6 Å². The maximum absolute atomic E-state index is 14.2. The minimum absolute atomic E-state index is 0.148. The fraction of sp³-hybridized carbons (Fsp3) is 0.429. The second-order valence-electron chi connectivity index (χ2n) is 10.5. The summed E-state index contributed by atoms with van der Waals surface area (Å²) in [5.74, 6) is -1.73. The van der Waals surface area contributed by atoms with E-state index in [1.54, 1.807) is 13.3 Å². The third-order valence-corrected chi connectivity index (χ3v) is 8.64. The van der Waals surface area contributed by atoms with Crippen LogP contribution in [0.1, 0.15) is 50.1 Å². The molecule has 1 aliphatic rings. The maximum Gasteiger partial charge on any atom is 0.225 e. The Morgan fingerprint density at radius 2 is 1.79 bits per heavy atom. The molecular formula is C28H31F3N6OS. The van der Waals surface area contributed by atoms with E-state index in [9.17, 15) is 13.2 Å². The van der Waals surface area contributed by atoms with Crippen LogP contribution in [0.25, 0.3) is 20.8 Å². The van der Waals surface area contributed by atoms with Gasteiger partial charge in [-0.15, -0.1) is 11.3 Å². The molecule has 206 valence electrons. The van der Waals surface area contributed by atoms with Crippen molar-refractivity contribution < 1.29 is 17.9 Å². The van der Waals surface area contributed by atoms with Gasteiger partial charge in [-0.05, 0) is 58.9 Å². The molecule has 0 bridgehead atoms. The number of nitrogens with one attached hydrogen (secondary N) is 2. The molecule has 3 heterocycles. The molecule has 0 aliphatic heterocycles. The Kier molecular flexibility index (Phi) is 7.47. The summed E-state index contributed by atoms with van der Waals surface area (Å²) < 4.78 is 48.6. The molecule has 0 spiro atoms. The zero-order valence-electron chi connectivity index (χ0n) is 22.5. The van der Waals surface area contributed by atoms with Crippen molar-refractivity contribution in [1.29, 1.82) is 0 Å². The van der Waals surface area contributed by atoms with Gasteiger partial charge in [0.15, 0.2) is 0 Å². The molecule has 39 heavy (non-hydrogen) atoms. The van der Waals surface area contributed by atoms with Crippen molar-refractivity contribution in [3.63, 3.8) is 0 Å². The summed E-state index contributed by atoms with van der Waals surface area (Å²) in [6.07, 6.45) is 4.62. The van der Waals surface area contributed by atoms with Crippen LogP contribution in [-0.4, -0.2) is 38.7 Å². The van der Waals surface area contributed by atoms with Crippen molar-refractivity contribution >= 4 is 33.3 Å². The number of nitrogens with zero attached hydrogens (tertiary/aromatic N) is 4. The first kappa shape index (κ1) is 27.3. The number of halogens is 3. The summed E-state index contributed by atoms with van der Waals surface area (Å²) in [6.45, 7) is 7.75. The SMILES string of the molecule is COC(C)(C)C1CCC(Nc2nc(NCc3c(F)cc(F)cc3F)nc(C)c2-c2nc3c(C)nccc3s2)C1. The molecule has 0 radical (unpaired) electrons. The molecule has 1 fully saturated rings. The van der Waals surface area contributed by atoms with E-state index in [0.29, 0.717) is 29.6 Å². The smallest absolute Gasteiger partial charge is 0.225 e. The van der Waals surface area contributed by atoms with Gasteiger partial charge in [0.05, 0.1) is 27.3 Å². The maximum atomic E-state index is 14.2. The van der Waals surface area contributed by atoms with Crippen LogP contribution in [0.3, 0.4) is 0 Å². The highest BCUT2D eigenvalue weighted by atomic mass is 32.1. The molecule has 2 N–H and O–H groups in total. The number of fused-ring (bicyclic) bond motifs is 1. The van der Waals surface area contributed by atoms with E-state index in [1.165, 1.54) is 11.3 Å². The fourth-order valence-corrected chi connectivity index (χ4v) is 6.22. The van der Waals surface area contributed by atoms with Crippen molar-refractivity contribution in [2.24, 2.45) is 5.92 Å². The highest BCUT2D eigenvalue weighted by Gasteiger charge is 2.36. The number of pyridine rings is 1. The second kappa shape index (κ2) is 10.7. The van der Waals surface area contributed by atoms with Crippen LogP contribution < -0.4 is 10.6 Å². The normalized spacial score (nSPS) is 17.6. The quantitative estimate of drug-likeness (QED) is 0.247. The number of aryl methyl sites for hydroxylation is 2. The minimum atomic E-state index is -0.970. The van der Waals surface area contributed by atoms with E-state index in [1.807, 2.05) is 19.9 Å². The summed E-state index contributed by atoms with van der Waals surface area (Å²) in [5, 5.41) is 7.28. The highest BCUT2D eigenvalue weighted by Crippen LogP contribution is 2.40. The average Bonchev–Trinajstić information content (AvgIpc) is 3.52. The lowest BCUT2D eigenvalue weighted by Gasteiger charge is -2.30. The van der Waals surface area contributed by atoms with Gasteiger partial charge in [-0.2, -0.15) is 4.98 Å². The zero-order valence-corrected chi connectivity index (χ0v) is 23.3. The van der Waals surface area contributed by atoms with Crippen LogP contribution >= 0.6 is 11.3 Å². The predicted molar refractivity (Wildman–Crippen MR) is 147 cm³/mol. The molecule has 1 aromatic carbocycles. The summed E-state index contributed by atoms with van der Waals surface area (Å²) in [4.78, 5) is 18.5. The number of methoxy groups -OCH3 is 1. The Hall–Kier alpha value is -3.31. The number of benzene rings is 1. The molecule has 2 atom stereocenters. The minimum Gasteiger partial charge on any atom is -0.379 e. The van der Waals surface area contributed by atoms with Crippen LogP contribution in [-0.2, 0) is 11.3 Å². The van der Waals surface area contributed by atoms with Crippen LogP contribution in [0, 0.1) is 37.2 Å². The third kappa shape index (κ3) is 5.56. The molecule has 1 aliphatic carbocycles. The molecule has 0 amide bonds. The van der Waals surface area contributed by atoms with Crippen LogP contribution in [0.5, 0.6) is 0 Å². The second-order valence-corrected chi connectivity index (χ2v) is 11.5. The van der Waals surface area contributed by atoms with Gasteiger partial charge in [0.25, 0.3) is 0 Å². The van der Waals surface area contributed by atoms with Crippen molar-refractivity contribution in [2.75, 3.05) is 17.7 Å². The van der Waals surface area contributed by atoms with E-state index >= 15 is 0 Å². The van der Waals surface area contributed by atoms with Gasteiger partial charge in [0.2, 0.25) is 5.95 Å². The standard InChI is InChI=1S/C28H31F3N6OS/c1-14-23(26-36-24-15(2)32-9-8-22(24)39-26)25(35-18-7-6-16(10-18)28(3,4)38-5)37-27(34-14)33-13-19-20(30)11-17(29)12-21(19)31/h8-9,11-12,16,18H,6-7,10,13H2,1-5H3,(H2,33,34,35,37). The average molecular weight is 557 g/mol. The van der Waals surface area contributed by atoms with Crippen LogP contribution in [0.2, 0.25) is 0 Å². The molecule has 7 nitrogen and oxygen atoms in total. The van der Waals surface area contributed by atoms with Gasteiger partial charge in [-0.25, -0.2) is 23.1 Å². The Bertz CT molecular complexity index is 1500. The number of ether oxygens (including phenoxy) is 1. The van der Waals surface area contributed by atoms with E-state index in [4.69, 9.17) is 14.7 Å². The number of anilines is 2. The first-order chi connectivity index (χ1) is 18.6. The first-order valence-corrected chi connectivity index (χ1v) is 13.7. The number of rotatable bonds is 8. The lowest BCUT2D eigenvalue weighted by Crippen LogP contribution is -2.32. The van der Waals surface area contributed by atoms with Crippen LogP contribution in [0.15, 0.2) is 24.4 Å². The van der Waals surface area contributed by atoms with Crippen molar-refractivity contribution in [3.8, 4) is 10.6 Å². The lowest BCUT2D eigenvalue weighted by atomic mass is 9.89. The van der Waals surface area contributed by atoms with Crippen molar-refractivity contribution in [2.45, 2.75) is 65.1 Å². The van der Waals surface area contributed by atoms with Crippen molar-refractivity contribution in [1.82, 2.24) is 19.9 Å². The summed E-state index contributed by atoms with van der Waals surface area (Å²) in [5.41, 5.74) is 2.57. The summed E-state index contributed by atoms with van der Waals surface area (Å²) in [6, 6.07) is 3.40. The van der Waals surface area contributed by atoms with Gasteiger partial charge < -0.3 is 15.4 Å². The molecule has 5 rings (SSSR count). The summed E-state index contributed by atoms with van der Waals surface area (Å²) in [7, 11) is 1.74. The highest BCUT2D eigenvalue weighted by molar-refractivity contribution is 7.21. The monoisotopic (exact) mass is 556 g/mol. The molecule has 1 saturated carbocycles. The van der Waals surface area contributed by atoms with Gasteiger partial charge in [-0.3, -0.25) is 4.98 Å². The lowest BCUT2D eigenvalue weighted by molar-refractivity contribution is -0.0258. The molecule has 0 saturated heterocycles. The molecular weight excluding hydrogens is 525 g/mol. The largest absolute Gasteiger partial charge is 0.379 e. The topological polar surface area (TPSA) is 84.9 Å². The summed E-state index contributed by atoms with van der Waals surface area (Å²) >= 11 is 1.53. The van der Waals surface area contributed by atoms with E-state index in [-0.39, 0.29) is 29.7 Å². The Morgan fingerprint density at radius 1 is 1.05 bits per heavy atom. The van der Waals surface area contributed by atoms with E-state index in [2.05, 4.69) is 34.4 Å². The van der Waals surface area contributed by atoms with Gasteiger partial charge in [-0.1, -0.05) is 0 Å². The third-order valence-electron chi connectivity index (χ3n) is 7.61. The molecule has 2 unspecified atom stereocenters. The fourth-order valence-electron chi connectivity index (χ4n) is 5.11.